The van der Waals surface area contributed by atoms with Gasteiger partial charge in [0.25, 0.3) is 10.0 Å². The lowest BCUT2D eigenvalue weighted by Gasteiger charge is -2.24. The largest absolute Gasteiger partial charge is 0.490 e. The Bertz CT molecular complexity index is 882. The Kier molecular flexibility index (Phi) is 4.52. The molecule has 2 aliphatic heterocycles. The average molecular weight is 377 g/mol. The van der Waals surface area contributed by atoms with Crippen LogP contribution in [0.15, 0.2) is 52.3 Å². The summed E-state index contributed by atoms with van der Waals surface area (Å²) < 4.78 is 39.4. The second-order valence-electron chi connectivity index (χ2n) is 5.91. The third kappa shape index (κ3) is 3.18. The molecule has 0 fully saturated rings. The van der Waals surface area contributed by atoms with E-state index in [0.717, 1.165) is 29.2 Å². The molecule has 0 atom stereocenters. The molecule has 4 rings (SSSR count). The Balaban J connectivity index is 1.76. The first-order valence-corrected chi connectivity index (χ1v) is 10.7. The fourth-order valence-electron chi connectivity index (χ4n) is 2.98. The quantitative estimate of drug-likeness (QED) is 0.801. The van der Waals surface area contributed by atoms with Gasteiger partial charge in [-0.1, -0.05) is 12.1 Å². The molecule has 5 nitrogen and oxygen atoms in total. The highest BCUT2D eigenvalue weighted by molar-refractivity contribution is 7.99. The molecule has 0 unspecified atom stereocenters. The third-order valence-electron chi connectivity index (χ3n) is 4.20. The molecule has 0 spiro atoms. The predicted molar refractivity (Wildman–Crippen MR) is 98.4 cm³/mol. The number of hydrogen-bond donors (Lipinski definition) is 0. The van der Waals surface area contributed by atoms with E-state index in [-0.39, 0.29) is 4.90 Å². The van der Waals surface area contributed by atoms with Crippen LogP contribution in [0.5, 0.6) is 11.5 Å². The van der Waals surface area contributed by atoms with Crippen molar-refractivity contribution in [3.05, 3.63) is 42.5 Å². The fourth-order valence-corrected chi connectivity index (χ4v) is 5.57. The second kappa shape index (κ2) is 6.80. The van der Waals surface area contributed by atoms with Crippen molar-refractivity contribution in [2.45, 2.75) is 22.6 Å². The Morgan fingerprint density at radius 2 is 1.76 bits per heavy atom. The molecule has 0 saturated carbocycles. The lowest BCUT2D eigenvalue weighted by atomic mass is 10.3. The molecule has 0 saturated heterocycles. The average Bonchev–Trinajstić information content (AvgIpc) is 2.99. The normalized spacial score (nSPS) is 17.4. The smallest absolute Gasteiger partial charge is 0.264 e. The number of rotatable bonds is 2. The van der Waals surface area contributed by atoms with E-state index in [1.807, 2.05) is 24.3 Å². The first-order valence-electron chi connectivity index (χ1n) is 8.30. The van der Waals surface area contributed by atoms with E-state index in [4.69, 9.17) is 9.47 Å². The Morgan fingerprint density at radius 1 is 0.960 bits per heavy atom. The Labute approximate surface area is 152 Å². The van der Waals surface area contributed by atoms with Crippen LogP contribution in [0.1, 0.15) is 12.8 Å². The number of nitrogens with zero attached hydrogens (tertiary/aromatic N) is 1. The molecule has 7 heteroatoms. The van der Waals surface area contributed by atoms with E-state index in [9.17, 15) is 8.42 Å². The van der Waals surface area contributed by atoms with Gasteiger partial charge in [-0.3, -0.25) is 4.31 Å². The summed E-state index contributed by atoms with van der Waals surface area (Å²) >= 11 is 1.70. The number of sulfonamides is 1. The lowest BCUT2D eigenvalue weighted by Crippen LogP contribution is -2.32. The molecule has 0 aliphatic carbocycles. The topological polar surface area (TPSA) is 55.8 Å². The zero-order chi connectivity index (χ0) is 17.3. The highest BCUT2D eigenvalue weighted by atomic mass is 32.2. The molecule has 0 N–H and O–H groups in total. The molecule has 0 amide bonds. The van der Waals surface area contributed by atoms with Crippen molar-refractivity contribution in [3.63, 3.8) is 0 Å². The van der Waals surface area contributed by atoms with Crippen LogP contribution in [-0.2, 0) is 10.0 Å². The van der Waals surface area contributed by atoms with Gasteiger partial charge in [-0.05, 0) is 36.4 Å². The van der Waals surface area contributed by atoms with Crippen molar-refractivity contribution >= 4 is 27.5 Å². The number of thioether (sulfide) groups is 1. The summed E-state index contributed by atoms with van der Waals surface area (Å²) in [5.74, 6) is 2.00. The first-order chi connectivity index (χ1) is 12.2. The molecular weight excluding hydrogens is 358 g/mol. The summed E-state index contributed by atoms with van der Waals surface area (Å²) in [5, 5.41) is 0. The van der Waals surface area contributed by atoms with Crippen LogP contribution in [0.25, 0.3) is 0 Å². The van der Waals surface area contributed by atoms with Crippen molar-refractivity contribution in [1.29, 1.82) is 0 Å². The molecule has 0 bridgehead atoms. The van der Waals surface area contributed by atoms with Crippen LogP contribution in [0.3, 0.4) is 0 Å². The molecule has 0 aromatic heterocycles. The highest BCUT2D eigenvalue weighted by Crippen LogP contribution is 2.38. The van der Waals surface area contributed by atoms with Crippen molar-refractivity contribution < 1.29 is 17.9 Å². The molecule has 0 radical (unpaired) electrons. The zero-order valence-corrected chi connectivity index (χ0v) is 15.3. The number of ether oxygens (including phenoxy) is 2. The van der Waals surface area contributed by atoms with Gasteiger partial charge < -0.3 is 9.47 Å². The maximum Gasteiger partial charge on any atom is 0.264 e. The van der Waals surface area contributed by atoms with E-state index in [0.29, 0.717) is 31.3 Å². The number of benzene rings is 2. The highest BCUT2D eigenvalue weighted by Gasteiger charge is 2.29. The van der Waals surface area contributed by atoms with E-state index in [1.54, 1.807) is 30.0 Å². The van der Waals surface area contributed by atoms with Crippen LogP contribution in [0.2, 0.25) is 0 Å². The molecule has 2 heterocycles. The van der Waals surface area contributed by atoms with Gasteiger partial charge in [0.1, 0.15) is 0 Å². The van der Waals surface area contributed by atoms with Crippen molar-refractivity contribution in [2.75, 3.05) is 29.8 Å². The molecule has 2 aliphatic rings. The van der Waals surface area contributed by atoms with E-state index < -0.39 is 10.0 Å². The zero-order valence-electron chi connectivity index (χ0n) is 13.7. The van der Waals surface area contributed by atoms with Gasteiger partial charge in [0.05, 0.1) is 23.8 Å². The van der Waals surface area contributed by atoms with Crippen LogP contribution in [0.4, 0.5) is 5.69 Å². The minimum atomic E-state index is -3.66. The SMILES string of the molecule is O=S(=O)(c1ccc2c(c1)OCCCO2)N1CCCSc2ccccc21. The summed E-state index contributed by atoms with van der Waals surface area (Å²) in [6, 6.07) is 12.5. The summed E-state index contributed by atoms with van der Waals surface area (Å²) in [4.78, 5) is 1.23. The van der Waals surface area contributed by atoms with Gasteiger partial charge in [0, 0.05) is 23.9 Å². The Hall–Kier alpha value is -1.86. The van der Waals surface area contributed by atoms with Gasteiger partial charge in [0.2, 0.25) is 0 Å². The van der Waals surface area contributed by atoms with Crippen molar-refractivity contribution in [2.24, 2.45) is 0 Å². The van der Waals surface area contributed by atoms with Gasteiger partial charge in [-0.2, -0.15) is 0 Å². The molecule has 25 heavy (non-hydrogen) atoms. The van der Waals surface area contributed by atoms with Gasteiger partial charge in [0.15, 0.2) is 11.5 Å². The lowest BCUT2D eigenvalue weighted by molar-refractivity contribution is 0.297. The van der Waals surface area contributed by atoms with Crippen LogP contribution in [-0.4, -0.2) is 33.9 Å². The second-order valence-corrected chi connectivity index (χ2v) is 8.90. The van der Waals surface area contributed by atoms with Crippen LogP contribution in [0, 0.1) is 0 Å². The summed E-state index contributed by atoms with van der Waals surface area (Å²) in [6.07, 6.45) is 1.59. The molecule has 132 valence electrons. The standard InChI is InChI=1S/C18H19NO4S2/c20-25(21,14-7-8-16-17(13-14)23-11-4-10-22-16)19-9-3-12-24-18-6-2-1-5-15(18)19/h1-2,5-8,13H,3-4,9-12H2. The van der Waals surface area contributed by atoms with Crippen molar-refractivity contribution in [3.8, 4) is 11.5 Å². The van der Waals surface area contributed by atoms with Gasteiger partial charge in [-0.25, -0.2) is 8.42 Å². The van der Waals surface area contributed by atoms with E-state index in [2.05, 4.69) is 0 Å². The summed E-state index contributed by atoms with van der Waals surface area (Å²) in [5.41, 5.74) is 0.747. The first kappa shape index (κ1) is 16.6. The molecule has 2 aromatic carbocycles. The maximum atomic E-state index is 13.3. The number of fused-ring (bicyclic) bond motifs is 2. The number of hydrogen-bond acceptors (Lipinski definition) is 5. The monoisotopic (exact) mass is 377 g/mol. The van der Waals surface area contributed by atoms with Crippen molar-refractivity contribution in [1.82, 2.24) is 0 Å². The summed E-state index contributed by atoms with van der Waals surface area (Å²) in [6.45, 7) is 1.58. The maximum absolute atomic E-state index is 13.3. The summed E-state index contributed by atoms with van der Waals surface area (Å²) in [7, 11) is -3.66. The minimum Gasteiger partial charge on any atom is -0.490 e. The van der Waals surface area contributed by atoms with Crippen LogP contribution >= 0.6 is 11.8 Å². The van der Waals surface area contributed by atoms with Gasteiger partial charge >= 0.3 is 0 Å². The molecular formula is C18H19NO4S2. The third-order valence-corrected chi connectivity index (χ3v) is 7.16. The van der Waals surface area contributed by atoms with Gasteiger partial charge in [-0.15, -0.1) is 11.8 Å². The Morgan fingerprint density at radius 3 is 2.64 bits per heavy atom. The number of para-hydroxylation sites is 1. The van der Waals surface area contributed by atoms with E-state index >= 15 is 0 Å². The van der Waals surface area contributed by atoms with E-state index in [1.165, 1.54) is 4.31 Å². The fraction of sp³-hybridized carbons (Fsp3) is 0.333. The minimum absolute atomic E-state index is 0.235. The molecule has 2 aromatic rings. The predicted octanol–water partition coefficient (Wildman–Crippen LogP) is 3.54. The van der Waals surface area contributed by atoms with Crippen LogP contribution < -0.4 is 13.8 Å². The number of anilines is 1.